The fourth-order valence-electron chi connectivity index (χ4n) is 9.61. The molecule has 4 saturated carbocycles. The van der Waals surface area contributed by atoms with Gasteiger partial charge in [0, 0.05) is 35.5 Å². The van der Waals surface area contributed by atoms with Crippen LogP contribution in [0, 0.1) is 24.7 Å². The van der Waals surface area contributed by atoms with Crippen molar-refractivity contribution in [3.8, 4) is 11.1 Å². The van der Waals surface area contributed by atoms with Gasteiger partial charge in [-0.15, -0.1) is 0 Å². The zero-order valence-electron chi connectivity index (χ0n) is 26.8. The maximum Gasteiger partial charge on any atom is 0.376 e. The van der Waals surface area contributed by atoms with Crippen LogP contribution in [-0.2, 0) is 23.3 Å². The van der Waals surface area contributed by atoms with Gasteiger partial charge in [0.2, 0.25) is 0 Å². The number of amides is 1. The van der Waals surface area contributed by atoms with Crippen molar-refractivity contribution < 1.29 is 14.4 Å². The van der Waals surface area contributed by atoms with E-state index in [0.717, 1.165) is 56.8 Å². The van der Waals surface area contributed by atoms with Crippen LogP contribution in [0.15, 0.2) is 60.8 Å². The van der Waals surface area contributed by atoms with E-state index < -0.39 is 5.97 Å². The second-order valence-corrected chi connectivity index (χ2v) is 15.3. The first-order valence-corrected chi connectivity index (χ1v) is 17.7. The number of carbonyl (C=O) groups excluding carboxylic acids is 2. The van der Waals surface area contributed by atoms with Crippen LogP contribution >= 0.6 is 11.3 Å². The molecule has 11 heteroatoms. The second-order valence-electron chi connectivity index (χ2n) is 14.2. The molecule has 0 unspecified atom stereocenters. The van der Waals surface area contributed by atoms with Gasteiger partial charge < -0.3 is 9.74 Å². The molecule has 4 aliphatic carbocycles. The Labute approximate surface area is 282 Å². The predicted octanol–water partition coefficient (Wildman–Crippen LogP) is 6.63. The summed E-state index contributed by atoms with van der Waals surface area (Å²) in [6, 6.07) is 17.6. The lowest BCUT2D eigenvalue weighted by molar-refractivity contribution is -0.0503. The summed E-state index contributed by atoms with van der Waals surface area (Å²) in [5.74, 6) is 7.57. The molecule has 1 aliphatic heterocycles. The Hall–Kier alpha value is -4.61. The van der Waals surface area contributed by atoms with E-state index >= 15 is 0 Å². The molecule has 5 aliphatic rings. The zero-order chi connectivity index (χ0) is 32.6. The molecular weight excluding hydrogens is 623 g/mol. The average molecular weight is 660 g/mol. The number of carbonyl (C=O) groups is 2. The highest BCUT2D eigenvalue weighted by atomic mass is 32.1. The van der Waals surface area contributed by atoms with Crippen LogP contribution in [0.5, 0.6) is 0 Å². The van der Waals surface area contributed by atoms with Crippen molar-refractivity contribution in [2.45, 2.75) is 64.0 Å². The number of rotatable bonds is 6. The van der Waals surface area contributed by atoms with Gasteiger partial charge in [0.1, 0.15) is 5.82 Å². The quantitative estimate of drug-likeness (QED) is 0.194. The van der Waals surface area contributed by atoms with Gasteiger partial charge >= 0.3 is 5.97 Å². The number of thiazole rings is 1. The number of anilines is 2. The maximum atomic E-state index is 13.6. The van der Waals surface area contributed by atoms with Crippen LogP contribution in [0.1, 0.15) is 76.2 Å². The molecule has 4 heterocycles. The predicted molar refractivity (Wildman–Crippen MR) is 185 cm³/mol. The number of nitrogens with one attached hydrogen (secondary N) is 1. The Balaban J connectivity index is 1.01. The lowest BCUT2D eigenvalue weighted by atomic mass is 9.53. The first-order chi connectivity index (χ1) is 23.4. The van der Waals surface area contributed by atoms with Crippen LogP contribution in [-0.4, -0.2) is 38.2 Å². The highest BCUT2D eigenvalue weighted by molar-refractivity contribution is 7.22. The number of benzene rings is 2. The van der Waals surface area contributed by atoms with Gasteiger partial charge in [0.05, 0.1) is 22.0 Å². The number of hydrogen-bond acceptors (Lipinski definition) is 9. The third-order valence-electron chi connectivity index (χ3n) is 11.3. The number of aromatic nitrogens is 4. The number of para-hydroxylation sites is 1. The monoisotopic (exact) mass is 659 g/mol. The van der Waals surface area contributed by atoms with E-state index in [9.17, 15) is 9.59 Å². The van der Waals surface area contributed by atoms with Gasteiger partial charge in [-0.3, -0.25) is 14.8 Å². The van der Waals surface area contributed by atoms with Crippen LogP contribution in [0.3, 0.4) is 0 Å². The van der Waals surface area contributed by atoms with Crippen molar-refractivity contribution in [2.75, 3.05) is 16.8 Å². The van der Waals surface area contributed by atoms with E-state index in [1.54, 1.807) is 0 Å². The molecule has 1 amide bonds. The van der Waals surface area contributed by atoms with E-state index in [0.29, 0.717) is 35.2 Å². The van der Waals surface area contributed by atoms with Gasteiger partial charge in [-0.25, -0.2) is 14.8 Å². The molecule has 3 N–H and O–H groups in total. The molecule has 0 spiro atoms. The van der Waals surface area contributed by atoms with Crippen LogP contribution < -0.4 is 16.1 Å². The second kappa shape index (κ2) is 11.2. The Kier molecular flexibility index (Phi) is 6.91. The maximum absolute atomic E-state index is 13.6. The molecule has 10 nitrogen and oxygen atoms in total. The van der Waals surface area contributed by atoms with Gasteiger partial charge in [-0.05, 0) is 111 Å². The van der Waals surface area contributed by atoms with Crippen molar-refractivity contribution in [2.24, 2.45) is 23.7 Å². The summed E-state index contributed by atoms with van der Waals surface area (Å²) >= 11 is 1.45. The Morgan fingerprint density at radius 2 is 1.73 bits per heavy atom. The lowest BCUT2D eigenvalue weighted by Crippen LogP contribution is -2.52. The summed E-state index contributed by atoms with van der Waals surface area (Å²) in [6.45, 7) is 3.25. The Bertz CT molecular complexity index is 2030. The molecule has 0 atom stereocenters. The molecule has 48 heavy (non-hydrogen) atoms. The number of fused-ring (bicyclic) bond motifs is 2. The smallest absolute Gasteiger partial charge is 0.368 e. The van der Waals surface area contributed by atoms with Crippen molar-refractivity contribution >= 4 is 44.4 Å². The normalized spacial score (nSPS) is 24.1. The fourth-order valence-corrected chi connectivity index (χ4v) is 10.5. The summed E-state index contributed by atoms with van der Waals surface area (Å²) in [7, 11) is 0. The summed E-state index contributed by atoms with van der Waals surface area (Å²) < 4.78 is 3.28. The number of hydrogen-bond donors (Lipinski definition) is 2. The molecule has 244 valence electrons. The highest BCUT2D eigenvalue weighted by Gasteiger charge is 2.53. The largest absolute Gasteiger partial charge is 0.376 e. The van der Waals surface area contributed by atoms with E-state index in [4.69, 9.17) is 20.8 Å². The van der Waals surface area contributed by atoms with E-state index in [-0.39, 0.29) is 17.1 Å². The molecule has 4 bridgehead atoms. The van der Waals surface area contributed by atoms with Crippen LogP contribution in [0.25, 0.3) is 21.3 Å². The third kappa shape index (κ3) is 4.82. The molecule has 4 fully saturated rings. The number of nitrogens with zero attached hydrogens (tertiary/aromatic N) is 5. The minimum absolute atomic E-state index is 0.0667. The van der Waals surface area contributed by atoms with Gasteiger partial charge in [0.25, 0.3) is 5.91 Å². The standard InChI is InChI=1S/C37H37N7O3S/c1-21-28(19-39-44(21)37-16-22-13-23(17-37)15-24(14-22)18-37)26-9-10-32(41-33(26)35(46)47-38)43-12-11-25-5-4-6-27(29(25)20-43)34(45)42-36-40-30-7-2-3-8-31(30)48-36/h2-10,19,22-24H,11-18,20,38H2,1H3,(H,40,42,45). The molecule has 0 radical (unpaired) electrons. The summed E-state index contributed by atoms with van der Waals surface area (Å²) in [4.78, 5) is 43.0. The van der Waals surface area contributed by atoms with Crippen molar-refractivity contribution in [1.29, 1.82) is 0 Å². The molecular formula is C37H37N7O3S. The minimum Gasteiger partial charge on any atom is -0.368 e. The fraction of sp³-hybridized carbons (Fsp3) is 0.378. The van der Waals surface area contributed by atoms with Gasteiger partial charge in [-0.1, -0.05) is 35.6 Å². The van der Waals surface area contributed by atoms with Crippen molar-refractivity contribution in [1.82, 2.24) is 19.7 Å². The first kappa shape index (κ1) is 29.5. The zero-order valence-corrected chi connectivity index (χ0v) is 27.6. The minimum atomic E-state index is -0.692. The summed E-state index contributed by atoms with van der Waals surface area (Å²) in [5, 5.41) is 8.54. The lowest BCUT2D eigenvalue weighted by Gasteiger charge is -2.57. The molecule has 0 saturated heterocycles. The summed E-state index contributed by atoms with van der Waals surface area (Å²) in [5.41, 5.74) is 6.33. The SMILES string of the molecule is Cc1c(-c2ccc(N3CCc4cccc(C(=O)Nc5nc6ccccc6s5)c4C3)nc2C(=O)ON)cnn1C12CC3CC(CC(C3)C1)C2. The van der Waals surface area contributed by atoms with Gasteiger partial charge in [-0.2, -0.15) is 11.0 Å². The summed E-state index contributed by atoms with van der Waals surface area (Å²) in [6.07, 6.45) is 10.3. The molecule has 10 rings (SSSR count). The first-order valence-electron chi connectivity index (χ1n) is 16.9. The van der Waals surface area contributed by atoms with E-state index in [2.05, 4.69) is 32.9 Å². The van der Waals surface area contributed by atoms with Crippen LogP contribution in [0.4, 0.5) is 10.9 Å². The topological polar surface area (TPSA) is 128 Å². The van der Waals surface area contributed by atoms with Gasteiger partial charge in [0.15, 0.2) is 10.8 Å². The molecule has 2 aromatic carbocycles. The van der Waals surface area contributed by atoms with E-state index in [1.165, 1.54) is 49.9 Å². The van der Waals surface area contributed by atoms with E-state index in [1.807, 2.05) is 54.7 Å². The highest BCUT2D eigenvalue weighted by Crippen LogP contribution is 2.59. The van der Waals surface area contributed by atoms with Crippen molar-refractivity contribution in [3.05, 3.63) is 88.9 Å². The Morgan fingerprint density at radius 3 is 2.48 bits per heavy atom. The number of pyridine rings is 1. The average Bonchev–Trinajstić information content (AvgIpc) is 3.69. The van der Waals surface area contributed by atoms with Crippen molar-refractivity contribution in [3.63, 3.8) is 0 Å². The molecule has 5 aromatic rings. The molecule has 3 aromatic heterocycles. The third-order valence-corrected chi connectivity index (χ3v) is 12.2. The van der Waals surface area contributed by atoms with Crippen LogP contribution in [0.2, 0.25) is 0 Å². The Morgan fingerprint density at radius 1 is 0.958 bits per heavy atom. The number of nitrogens with two attached hydrogens (primary N) is 1.